The minimum Gasteiger partial charge on any atom is -0.342 e. The zero-order valence-electron chi connectivity index (χ0n) is 27.8. The molecule has 3 aromatic heterocycles. The first-order chi connectivity index (χ1) is 23.9. The number of halogens is 3. The number of anilines is 1. The summed E-state index contributed by atoms with van der Waals surface area (Å²) >= 11 is 6.59. The molecule has 1 fully saturated rings. The summed E-state index contributed by atoms with van der Waals surface area (Å²) in [4.78, 5) is 18.3. The number of aryl methyl sites for hydroxylation is 1. The van der Waals surface area contributed by atoms with E-state index in [9.17, 15) is 30.4 Å². The van der Waals surface area contributed by atoms with E-state index in [1.54, 1.807) is 31.3 Å². The maximum Gasteiger partial charge on any atom is 0.269 e. The van der Waals surface area contributed by atoms with Gasteiger partial charge in [0.25, 0.3) is 5.91 Å². The van der Waals surface area contributed by atoms with Crippen LogP contribution < -0.4 is 10.0 Å². The van der Waals surface area contributed by atoms with Crippen molar-refractivity contribution in [2.24, 2.45) is 7.05 Å². The molecule has 0 saturated heterocycles. The minimum atomic E-state index is -3.76. The summed E-state index contributed by atoms with van der Waals surface area (Å²) in [5.41, 5.74) is 1.95. The van der Waals surface area contributed by atoms with Gasteiger partial charge in [-0.3, -0.25) is 19.3 Å². The SMILES string of the molecule is Cn1nc(NS(C)(=O)=O)c2c(Cl)ccc(-c3ccc(C#CC(C)(C)S(=O)(=O)C4CC4)nc3[C@H](Cc3cc(F)cc(F)c3)NC(=O)c3ccn[nH]3)c21. The fourth-order valence-corrected chi connectivity index (χ4v) is 8.28. The first kappa shape index (κ1) is 36.0. The molecule has 266 valence electrons. The number of H-pyrrole nitrogens is 1. The van der Waals surface area contributed by atoms with Crippen LogP contribution in [0.3, 0.4) is 0 Å². The van der Waals surface area contributed by atoms with Gasteiger partial charge in [0.2, 0.25) is 10.0 Å². The van der Waals surface area contributed by atoms with E-state index in [0.717, 1.165) is 24.5 Å². The number of aromatic amines is 1. The first-order valence-corrected chi connectivity index (χ1v) is 19.4. The van der Waals surface area contributed by atoms with Gasteiger partial charge in [-0.05, 0) is 81.0 Å². The van der Waals surface area contributed by atoms with E-state index in [0.29, 0.717) is 29.5 Å². The maximum absolute atomic E-state index is 14.4. The molecule has 12 nitrogen and oxygen atoms in total. The predicted molar refractivity (Wildman–Crippen MR) is 189 cm³/mol. The molecule has 3 heterocycles. The van der Waals surface area contributed by atoms with E-state index in [2.05, 4.69) is 37.2 Å². The standard InChI is InChI=1S/C34H32ClF2N7O5S2/c1-34(2,51(48,49)23-6-7-23)13-11-22-5-8-24(25-9-10-26(35)29-31(25)44(3)42-32(29)43-50(4,46)47)30(39-22)28(40-33(45)27-12-14-38-41-27)17-19-15-20(36)18-21(37)16-19/h5,8-10,12,14-16,18,23,28H,6-7,17H2,1-4H3,(H,38,41)(H,40,45)(H,42,43)/t28-/m0/s1. The molecule has 1 amide bonds. The minimum absolute atomic E-state index is 0.0164. The third-order valence-corrected chi connectivity index (χ3v) is 12.1. The Balaban J connectivity index is 1.58. The van der Waals surface area contributed by atoms with Crippen molar-refractivity contribution in [3.05, 3.63) is 94.0 Å². The van der Waals surface area contributed by atoms with Crippen molar-refractivity contribution in [3.63, 3.8) is 0 Å². The Morgan fingerprint density at radius 3 is 2.39 bits per heavy atom. The second kappa shape index (κ2) is 13.4. The largest absolute Gasteiger partial charge is 0.342 e. The van der Waals surface area contributed by atoms with Gasteiger partial charge < -0.3 is 5.32 Å². The third-order valence-electron chi connectivity index (χ3n) is 8.34. The number of carbonyl (C=O) groups excluding carboxylic acids is 1. The topological polar surface area (TPSA) is 169 Å². The van der Waals surface area contributed by atoms with E-state index < -0.39 is 53.4 Å². The normalized spacial score (nSPS) is 14.2. The quantitative estimate of drug-likeness (QED) is 0.166. The molecular weight excluding hydrogens is 724 g/mol. The second-order valence-electron chi connectivity index (χ2n) is 12.8. The molecule has 1 atom stereocenters. The number of carbonyl (C=O) groups is 1. The van der Waals surface area contributed by atoms with Crippen LogP contribution in [0.15, 0.2) is 54.7 Å². The molecule has 6 rings (SSSR count). The average Bonchev–Trinajstić information content (AvgIpc) is 3.66. The summed E-state index contributed by atoms with van der Waals surface area (Å²) < 4.78 is 81.9. The summed E-state index contributed by atoms with van der Waals surface area (Å²) in [5.74, 6) is 3.49. The molecule has 1 saturated carbocycles. The first-order valence-electron chi connectivity index (χ1n) is 15.6. The van der Waals surface area contributed by atoms with Gasteiger partial charge >= 0.3 is 0 Å². The number of hydrogen-bond acceptors (Lipinski definition) is 8. The molecule has 51 heavy (non-hydrogen) atoms. The monoisotopic (exact) mass is 755 g/mol. The van der Waals surface area contributed by atoms with Gasteiger partial charge in [0.15, 0.2) is 15.7 Å². The lowest BCUT2D eigenvalue weighted by Crippen LogP contribution is -2.33. The molecule has 0 bridgehead atoms. The fraction of sp³-hybridized carbons (Fsp3) is 0.294. The van der Waals surface area contributed by atoms with Crippen LogP contribution in [0.4, 0.5) is 14.6 Å². The molecule has 0 aliphatic heterocycles. The lowest BCUT2D eigenvalue weighted by molar-refractivity contribution is 0.0930. The van der Waals surface area contributed by atoms with Crippen molar-refractivity contribution in [3.8, 4) is 23.0 Å². The van der Waals surface area contributed by atoms with Gasteiger partial charge in [-0.2, -0.15) is 10.2 Å². The Bertz CT molecular complexity index is 2450. The Hall–Kier alpha value is -4.85. The van der Waals surface area contributed by atoms with E-state index >= 15 is 0 Å². The van der Waals surface area contributed by atoms with Crippen LogP contribution in [-0.4, -0.2) is 64.0 Å². The number of nitrogens with one attached hydrogen (secondary N) is 3. The Kier molecular flexibility index (Phi) is 9.42. The van der Waals surface area contributed by atoms with Crippen LogP contribution in [-0.2, 0) is 33.3 Å². The molecule has 5 aromatic rings. The summed E-state index contributed by atoms with van der Waals surface area (Å²) in [6.07, 6.45) is 3.38. The van der Waals surface area contributed by atoms with Crippen LogP contribution >= 0.6 is 11.6 Å². The number of amides is 1. The van der Waals surface area contributed by atoms with Crippen molar-refractivity contribution < 1.29 is 30.4 Å². The Morgan fingerprint density at radius 2 is 1.76 bits per heavy atom. The highest BCUT2D eigenvalue weighted by molar-refractivity contribution is 7.93. The van der Waals surface area contributed by atoms with E-state index in [1.807, 2.05) is 0 Å². The molecular formula is C34H32ClF2N7O5S2. The maximum atomic E-state index is 14.4. The van der Waals surface area contributed by atoms with E-state index in [-0.39, 0.29) is 45.3 Å². The van der Waals surface area contributed by atoms with Crippen molar-refractivity contribution in [2.75, 3.05) is 11.0 Å². The number of rotatable bonds is 10. The van der Waals surface area contributed by atoms with Gasteiger partial charge in [-0.1, -0.05) is 23.6 Å². The predicted octanol–water partition coefficient (Wildman–Crippen LogP) is 5.08. The van der Waals surface area contributed by atoms with E-state index in [4.69, 9.17) is 16.6 Å². The molecule has 1 aliphatic carbocycles. The zero-order chi connectivity index (χ0) is 36.9. The third kappa shape index (κ3) is 7.60. The van der Waals surface area contributed by atoms with Crippen molar-refractivity contribution >= 4 is 54.1 Å². The zero-order valence-corrected chi connectivity index (χ0v) is 30.1. The fourth-order valence-electron chi connectivity index (χ4n) is 5.76. The van der Waals surface area contributed by atoms with Crippen LogP contribution in [0.2, 0.25) is 5.02 Å². The molecule has 2 aromatic carbocycles. The van der Waals surface area contributed by atoms with Crippen molar-refractivity contribution in [2.45, 2.75) is 49.1 Å². The number of sulfonamides is 1. The van der Waals surface area contributed by atoms with E-state index in [1.165, 1.54) is 30.8 Å². The highest BCUT2D eigenvalue weighted by atomic mass is 35.5. The number of benzene rings is 2. The second-order valence-corrected chi connectivity index (χ2v) is 17.7. The van der Waals surface area contributed by atoms with Crippen molar-refractivity contribution in [1.29, 1.82) is 0 Å². The number of hydrogen-bond donors (Lipinski definition) is 3. The van der Waals surface area contributed by atoms with Gasteiger partial charge in [-0.15, -0.1) is 0 Å². The molecule has 17 heteroatoms. The number of pyridine rings is 1. The summed E-state index contributed by atoms with van der Waals surface area (Å²) in [6.45, 7) is 3.06. The van der Waals surface area contributed by atoms with Gasteiger partial charge in [0.1, 0.15) is 27.8 Å². The van der Waals surface area contributed by atoms with Crippen LogP contribution in [0, 0.1) is 23.5 Å². The van der Waals surface area contributed by atoms with Crippen molar-refractivity contribution in [1.82, 2.24) is 30.3 Å². The number of sulfone groups is 1. The Labute approximate surface area is 298 Å². The van der Waals surface area contributed by atoms with Gasteiger partial charge in [0, 0.05) is 30.4 Å². The summed E-state index contributed by atoms with van der Waals surface area (Å²) in [6, 6.07) is 9.85. The summed E-state index contributed by atoms with van der Waals surface area (Å²) in [5, 5.41) is 13.7. The summed E-state index contributed by atoms with van der Waals surface area (Å²) in [7, 11) is -5.72. The highest BCUT2D eigenvalue weighted by Crippen LogP contribution is 2.40. The molecule has 3 N–H and O–H groups in total. The average molecular weight is 756 g/mol. The lowest BCUT2D eigenvalue weighted by Gasteiger charge is -2.22. The highest BCUT2D eigenvalue weighted by Gasteiger charge is 2.45. The Morgan fingerprint density at radius 1 is 1.08 bits per heavy atom. The molecule has 0 spiro atoms. The molecule has 0 radical (unpaired) electrons. The van der Waals surface area contributed by atoms with Gasteiger partial charge in [0.05, 0.1) is 39.2 Å². The number of aromatic nitrogens is 5. The van der Waals surface area contributed by atoms with Gasteiger partial charge in [-0.25, -0.2) is 30.6 Å². The number of fused-ring (bicyclic) bond motifs is 1. The number of nitrogens with zero attached hydrogens (tertiary/aromatic N) is 4. The lowest BCUT2D eigenvalue weighted by atomic mass is 9.93. The van der Waals surface area contributed by atoms with Crippen LogP contribution in [0.25, 0.3) is 22.0 Å². The van der Waals surface area contributed by atoms with Crippen LogP contribution in [0.1, 0.15) is 60.2 Å². The molecule has 0 unspecified atom stereocenters. The molecule has 1 aliphatic rings. The van der Waals surface area contributed by atoms with Crippen LogP contribution in [0.5, 0.6) is 0 Å². The smallest absolute Gasteiger partial charge is 0.269 e.